The first-order valence-corrected chi connectivity index (χ1v) is 42.6. The van der Waals surface area contributed by atoms with E-state index < -0.39 is 271 Å². The monoisotopic (exact) mass is 1830 g/mol. The predicted octanol–water partition coefficient (Wildman–Crippen LogP) is 4.51. The van der Waals surface area contributed by atoms with Gasteiger partial charge < -0.3 is 142 Å². The van der Waals surface area contributed by atoms with E-state index in [0.717, 1.165) is 105 Å². The van der Waals surface area contributed by atoms with E-state index in [1.54, 1.807) is 33.1 Å². The number of phenols is 4. The molecule has 0 spiro atoms. The third-order valence-corrected chi connectivity index (χ3v) is 23.6. The molecule has 0 unspecified atom stereocenters. The third kappa shape index (κ3) is 21.5. The number of amides is 8. The molecule has 0 radical (unpaired) electrons. The fourth-order valence-electron chi connectivity index (χ4n) is 16.1. The summed E-state index contributed by atoms with van der Waals surface area (Å²) in [6.45, 7) is 3.61. The Morgan fingerprint density at radius 2 is 1.19 bits per heavy atom. The molecule has 0 saturated carbocycles. The third-order valence-electron chi connectivity index (χ3n) is 22.9. The highest BCUT2D eigenvalue weighted by Crippen LogP contribution is 2.51. The maximum Gasteiger partial charge on any atom is 0.335 e. The number of phenolic OH excluding ortho intramolecular Hbond substituents is 4. The zero-order valence-electron chi connectivity index (χ0n) is 70.7. The van der Waals surface area contributed by atoms with Gasteiger partial charge in [-0.2, -0.15) is 0 Å². The minimum Gasteiger partial charge on any atom is -0.508 e. The lowest BCUT2D eigenvalue weighted by molar-refractivity contribution is -0.277. The topological polar surface area (TPSA) is 564 Å². The van der Waals surface area contributed by atoms with Crippen molar-refractivity contribution in [2.45, 2.75) is 188 Å². The van der Waals surface area contributed by atoms with Crippen LogP contribution in [0.5, 0.6) is 69.0 Å². The summed E-state index contributed by atoms with van der Waals surface area (Å²) >= 11 is 14.3. The molecule has 2 saturated heterocycles. The molecule has 17 bridgehead atoms. The summed E-state index contributed by atoms with van der Waals surface area (Å²) < 4.78 is 44.6. The summed E-state index contributed by atoms with van der Waals surface area (Å²) in [5, 5.41) is 159. The smallest absolute Gasteiger partial charge is 0.335 e. The van der Waals surface area contributed by atoms with Crippen molar-refractivity contribution in [2.75, 3.05) is 47.9 Å². The van der Waals surface area contributed by atoms with Gasteiger partial charge in [0.15, 0.2) is 29.1 Å². The number of likely N-dealkylation sites (N-methyl/N-ethyl adjacent to an activating group) is 1. The largest absolute Gasteiger partial charge is 0.508 e. The van der Waals surface area contributed by atoms with Crippen LogP contribution < -0.4 is 66.2 Å². The maximum atomic E-state index is 16.9. The number of nitrogens with one attached hydrogen (secondary N) is 8. The molecule has 129 heavy (non-hydrogen) atoms. The Morgan fingerprint density at radius 3 is 1.88 bits per heavy atom. The van der Waals surface area contributed by atoms with E-state index in [9.17, 15) is 70.9 Å². The number of benzene rings is 7. The van der Waals surface area contributed by atoms with Gasteiger partial charge in [-0.05, 0) is 160 Å². The van der Waals surface area contributed by atoms with Crippen molar-refractivity contribution in [1.82, 2.24) is 52.3 Å². The van der Waals surface area contributed by atoms with Crippen LogP contribution in [0.15, 0.2) is 115 Å². The molecule has 38 nitrogen and oxygen atoms in total. The highest BCUT2D eigenvalue weighted by molar-refractivity contribution is 6.33. The van der Waals surface area contributed by atoms with Crippen LogP contribution in [0.2, 0.25) is 10.0 Å². The Kier molecular flexibility index (Phi) is 30.0. The van der Waals surface area contributed by atoms with Gasteiger partial charge in [-0.1, -0.05) is 106 Å². The van der Waals surface area contributed by atoms with Crippen LogP contribution in [-0.4, -0.2) is 246 Å². The molecule has 8 heterocycles. The molecular weight excluding hydrogens is 1730 g/mol. The number of aliphatic hydroxyl groups is 7. The van der Waals surface area contributed by atoms with Gasteiger partial charge in [-0.3, -0.25) is 43.3 Å². The standard InChI is InChI=1S/C89H102Cl2N10O28/c1-39(2)14-11-9-7-8-10-12-15-62(107)94-70-74(110)76(112)79(87(121)122)129-88(70)128-78-59-32-44-33-60(78)125-56-25-20-43(30-51(56)90)72(108)69-85(119)98-67(81(115)92-26-13-27-100(3)4)49-34-45(103)35-58(126-89-77(113)75(111)73(109)61(38-102)127-89)63(49)48-29-41(18-23-53(48)104)65(82(116)99-69)95-83(117)66(44)96-84(118)68-50-36-47(37-55(106)64(50)91)124-57-31-42(19-24-54(57)105)71(101(5)6)86(120)93-52(80(114)97-68)28-40-16-21-46(123-59)22-17-40/h16-25,29-37,39,52,61,65-77,79,88-89,102-106,108-113H,7-15,26-28,38H2,1-6H3,(H,92,115)(H,93,120)(H,94,107)(H,95,117)(H,96,118)(H,97,114)(H,98,119)(H,99,116)(H,121,122)/t52-,61-,65-,66-,67+,68+,69+,70-,71+,72-,73-,74-,75+,76+,77+,79+,88-,89+/m1/s1. The maximum absolute atomic E-state index is 16.9. The molecule has 8 amide bonds. The number of hydrogen-bond acceptors (Lipinski definition) is 29. The fourth-order valence-corrected chi connectivity index (χ4v) is 16.6. The van der Waals surface area contributed by atoms with Crippen molar-refractivity contribution in [3.05, 3.63) is 164 Å². The molecule has 20 N–H and O–H groups in total. The number of fused-ring (bicyclic) bond motifs is 14. The van der Waals surface area contributed by atoms with E-state index in [-0.39, 0.29) is 47.8 Å². The lowest BCUT2D eigenvalue weighted by Crippen LogP contribution is -2.66. The van der Waals surface area contributed by atoms with Gasteiger partial charge in [0, 0.05) is 48.2 Å². The molecule has 690 valence electrons. The van der Waals surface area contributed by atoms with Crippen LogP contribution in [0.1, 0.15) is 147 Å². The Hall–Kier alpha value is -11.9. The van der Waals surface area contributed by atoms with E-state index in [1.165, 1.54) is 47.4 Å². The number of rotatable bonds is 22. The van der Waals surface area contributed by atoms with Crippen LogP contribution in [0.25, 0.3) is 11.1 Å². The number of carboxylic acids is 1. The number of unbranched alkanes of at least 4 members (excludes halogenated alkanes) is 5. The zero-order chi connectivity index (χ0) is 92.8. The molecule has 18 atom stereocenters. The first-order chi connectivity index (χ1) is 61.4. The van der Waals surface area contributed by atoms with Crippen LogP contribution in [-0.2, 0) is 59.0 Å². The second-order valence-electron chi connectivity index (χ2n) is 33.3. The number of carbonyl (C=O) groups is 9. The van der Waals surface area contributed by atoms with Crippen molar-refractivity contribution in [3.63, 3.8) is 0 Å². The van der Waals surface area contributed by atoms with Crippen molar-refractivity contribution in [3.8, 4) is 80.1 Å². The normalized spacial score (nSPS) is 25.8. The molecule has 7 aromatic carbocycles. The Labute approximate surface area is 748 Å². The number of carboxylic acid groups (broad SMARTS) is 1. The Bertz CT molecular complexity index is 5380. The first-order valence-electron chi connectivity index (χ1n) is 41.9. The van der Waals surface area contributed by atoms with Crippen LogP contribution in [0.3, 0.4) is 0 Å². The first kappa shape index (κ1) is 94.7. The minimum atomic E-state index is -2.45. The van der Waals surface area contributed by atoms with Gasteiger partial charge in [-0.15, -0.1) is 0 Å². The fraction of sp³-hybridized carbons (Fsp3) is 0.427. The molecular formula is C89H102Cl2N10O28. The molecule has 0 aromatic heterocycles. The van der Waals surface area contributed by atoms with Gasteiger partial charge in [-0.25, -0.2) is 4.79 Å². The molecule has 8 aliphatic rings. The van der Waals surface area contributed by atoms with Crippen molar-refractivity contribution in [1.29, 1.82) is 0 Å². The molecule has 0 aliphatic carbocycles. The quantitative estimate of drug-likeness (QED) is 0.0415. The van der Waals surface area contributed by atoms with Crippen molar-refractivity contribution in [2.24, 2.45) is 5.92 Å². The summed E-state index contributed by atoms with van der Waals surface area (Å²) in [7, 11) is 6.63. The van der Waals surface area contributed by atoms with Crippen molar-refractivity contribution < 1.29 is 138 Å². The molecule has 8 aliphatic heterocycles. The summed E-state index contributed by atoms with van der Waals surface area (Å²) in [6.07, 6.45) is -15.8. The molecule has 40 heteroatoms. The number of aliphatic carboxylic acids is 1. The van der Waals surface area contributed by atoms with E-state index in [0.29, 0.717) is 30.9 Å². The summed E-state index contributed by atoms with van der Waals surface area (Å²) in [6, 6.07) is 5.87. The molecule has 15 rings (SSSR count). The van der Waals surface area contributed by atoms with Gasteiger partial charge in [0.05, 0.1) is 16.7 Å². The number of aromatic hydroxyl groups is 4. The number of nitrogens with zero attached hydrogens (tertiary/aromatic N) is 2. The van der Waals surface area contributed by atoms with Crippen LogP contribution in [0, 0.1) is 5.92 Å². The Morgan fingerprint density at radius 1 is 0.550 bits per heavy atom. The zero-order valence-corrected chi connectivity index (χ0v) is 72.2. The number of aliphatic hydroxyl groups excluding tert-OH is 7. The highest BCUT2D eigenvalue weighted by atomic mass is 35.5. The molecule has 7 aromatic rings. The van der Waals surface area contributed by atoms with Gasteiger partial charge in [0.25, 0.3) is 0 Å². The lowest BCUT2D eigenvalue weighted by atomic mass is 9.89. The second kappa shape index (κ2) is 40.8. The predicted molar refractivity (Wildman–Crippen MR) is 457 cm³/mol. The summed E-state index contributed by atoms with van der Waals surface area (Å²) in [5.74, 6) is -17.4. The van der Waals surface area contributed by atoms with Gasteiger partial charge in [0.2, 0.25) is 65.6 Å². The highest BCUT2D eigenvalue weighted by Gasteiger charge is 2.52. The van der Waals surface area contributed by atoms with Gasteiger partial charge >= 0.3 is 5.97 Å². The average Bonchev–Trinajstić information content (AvgIpc) is 0.759. The number of ether oxygens (including phenoxy) is 7. The summed E-state index contributed by atoms with van der Waals surface area (Å²) in [4.78, 5) is 142. The second-order valence-corrected chi connectivity index (χ2v) is 34.1. The minimum absolute atomic E-state index is 0.0942. The Balaban J connectivity index is 1.04. The van der Waals surface area contributed by atoms with E-state index in [2.05, 4.69) is 56.4 Å². The number of halogens is 2. The van der Waals surface area contributed by atoms with Crippen LogP contribution >= 0.6 is 23.2 Å². The molecule has 2 fully saturated rings. The number of hydrogen-bond donors (Lipinski definition) is 20. The van der Waals surface area contributed by atoms with E-state index in [4.69, 9.17) is 56.4 Å². The SMILES string of the molecule is CC(C)CCCCCCCCC(=O)N[C@H]1[C@H](Oc2c3cc4cc2Oc2ccc(cc2Cl)[C@@H](O)[C@@H]2NC(=O)[C@H](NC(=O)[C@@H]4NC(=O)[C@H]4NC(=O)[C@@H](Cc5ccc(cc5)O3)NC(=O)[C@@H](N(C)C)c3ccc(O)c(c3)Oc3cc(O)c(Cl)c4c3)c3ccc(O)c(c3)-c3c(O[C@H]4O[C@H](CO)[C@@H](O)[C@H](O)[C@@H]4O)cc(O)cc3[C@@H](C(=O)NCCCN(C)C)NC2=O)O[C@H](C(=O)O)[C@@H](O)[C@@H]1O. The average molecular weight is 1830 g/mol. The van der Waals surface area contributed by atoms with E-state index in [1.807, 2.05) is 0 Å². The van der Waals surface area contributed by atoms with Gasteiger partial charge in [0.1, 0.15) is 131 Å². The van der Waals surface area contributed by atoms with E-state index >= 15 is 33.6 Å². The number of carbonyl (C=O) groups excluding carboxylic acids is 8. The van der Waals surface area contributed by atoms with Crippen molar-refractivity contribution >= 4 is 76.4 Å². The van der Waals surface area contributed by atoms with Crippen LogP contribution in [0.4, 0.5) is 0 Å². The summed E-state index contributed by atoms with van der Waals surface area (Å²) in [5.41, 5.74) is -2.63. The lowest BCUT2D eigenvalue weighted by Gasteiger charge is -2.41.